The molecule has 1 aromatic rings. The normalized spacial score (nSPS) is 15.3. The molecule has 0 saturated heterocycles. The molecular weight excluding hydrogens is 320 g/mol. The Bertz CT molecular complexity index is 589. The van der Waals surface area contributed by atoms with Gasteiger partial charge < -0.3 is 14.8 Å². The average Bonchev–Trinajstić information content (AvgIpc) is 2.52. The van der Waals surface area contributed by atoms with E-state index in [4.69, 9.17) is 9.47 Å². The number of nitrogens with one attached hydrogen (secondary N) is 2. The van der Waals surface area contributed by atoms with Crippen LogP contribution in [-0.4, -0.2) is 23.8 Å². The molecule has 1 saturated carbocycles. The lowest BCUT2D eigenvalue weighted by atomic mass is 9.96. The lowest BCUT2D eigenvalue weighted by Gasteiger charge is -2.22. The molecule has 1 fully saturated rings. The zero-order valence-corrected chi connectivity index (χ0v) is 15.3. The third-order valence-electron chi connectivity index (χ3n) is 3.87. The summed E-state index contributed by atoms with van der Waals surface area (Å²) >= 11 is 0. The van der Waals surface area contributed by atoms with Crippen LogP contribution in [0.15, 0.2) is 24.3 Å². The lowest BCUT2D eigenvalue weighted by molar-refractivity contribution is 0.0635. The third kappa shape index (κ3) is 7.45. The van der Waals surface area contributed by atoms with Crippen molar-refractivity contribution >= 4 is 17.9 Å². The Morgan fingerprint density at radius 3 is 2.52 bits per heavy atom. The number of alkyl carbamates (subject to hydrolysis) is 1. The average molecular weight is 348 g/mol. The second kappa shape index (κ2) is 8.74. The molecule has 1 aliphatic carbocycles. The molecule has 0 radical (unpaired) electrons. The van der Waals surface area contributed by atoms with Gasteiger partial charge in [0.15, 0.2) is 0 Å². The summed E-state index contributed by atoms with van der Waals surface area (Å²) in [5.74, 6) is 0. The molecular formula is C19H28N2O4. The fraction of sp³-hybridized carbons (Fsp3) is 0.579. The summed E-state index contributed by atoms with van der Waals surface area (Å²) in [6.45, 7) is 5.58. The maximum Gasteiger partial charge on any atom is 0.412 e. The lowest BCUT2D eigenvalue weighted by Crippen LogP contribution is -2.36. The molecule has 0 atom stereocenters. The molecule has 6 heteroatoms. The predicted molar refractivity (Wildman–Crippen MR) is 96.5 cm³/mol. The number of carbonyl (C=O) groups excluding carboxylic acids is 2. The molecule has 0 spiro atoms. The van der Waals surface area contributed by atoms with E-state index >= 15 is 0 Å². The van der Waals surface area contributed by atoms with Gasteiger partial charge in [-0.1, -0.05) is 31.4 Å². The minimum atomic E-state index is -0.554. The largest absolute Gasteiger partial charge is 0.445 e. The van der Waals surface area contributed by atoms with E-state index in [2.05, 4.69) is 10.6 Å². The van der Waals surface area contributed by atoms with Gasteiger partial charge in [0, 0.05) is 11.7 Å². The van der Waals surface area contributed by atoms with Gasteiger partial charge in [-0.15, -0.1) is 0 Å². The first kappa shape index (κ1) is 19.1. The van der Waals surface area contributed by atoms with Crippen LogP contribution in [0.3, 0.4) is 0 Å². The molecule has 0 bridgehead atoms. The highest BCUT2D eigenvalue weighted by Gasteiger charge is 2.17. The number of carbonyl (C=O) groups is 2. The van der Waals surface area contributed by atoms with Crippen molar-refractivity contribution in [3.63, 3.8) is 0 Å². The standard InChI is InChI=1S/C19H28N2O4/c1-19(2,3)25-18(23)21-16-11-7-8-14(12-16)13-24-17(22)20-15-9-5-4-6-10-15/h7-8,11-12,15H,4-6,9-10,13H2,1-3H3,(H,20,22)(H,21,23). The van der Waals surface area contributed by atoms with Crippen molar-refractivity contribution in [2.75, 3.05) is 5.32 Å². The van der Waals surface area contributed by atoms with E-state index < -0.39 is 17.8 Å². The van der Waals surface area contributed by atoms with E-state index in [1.54, 1.807) is 18.2 Å². The Kier molecular flexibility index (Phi) is 6.67. The Morgan fingerprint density at radius 1 is 1.12 bits per heavy atom. The van der Waals surface area contributed by atoms with E-state index in [0.717, 1.165) is 31.2 Å². The summed E-state index contributed by atoms with van der Waals surface area (Å²) in [4.78, 5) is 23.7. The smallest absolute Gasteiger partial charge is 0.412 e. The van der Waals surface area contributed by atoms with Crippen molar-refractivity contribution in [2.45, 2.75) is 71.1 Å². The van der Waals surface area contributed by atoms with Gasteiger partial charge in [-0.25, -0.2) is 9.59 Å². The maximum atomic E-state index is 11.9. The SMILES string of the molecule is CC(C)(C)OC(=O)Nc1cccc(COC(=O)NC2CCCCC2)c1. The van der Waals surface area contributed by atoms with Crippen molar-refractivity contribution in [3.05, 3.63) is 29.8 Å². The van der Waals surface area contributed by atoms with E-state index in [0.29, 0.717) is 5.69 Å². The van der Waals surface area contributed by atoms with Crippen molar-refractivity contribution < 1.29 is 19.1 Å². The van der Waals surface area contributed by atoms with Gasteiger partial charge in [0.2, 0.25) is 0 Å². The molecule has 0 aliphatic heterocycles. The van der Waals surface area contributed by atoms with Gasteiger partial charge >= 0.3 is 12.2 Å². The van der Waals surface area contributed by atoms with Crippen LogP contribution >= 0.6 is 0 Å². The first-order valence-corrected chi connectivity index (χ1v) is 8.84. The van der Waals surface area contributed by atoms with E-state index in [9.17, 15) is 9.59 Å². The number of hydrogen-bond donors (Lipinski definition) is 2. The van der Waals surface area contributed by atoms with Crippen molar-refractivity contribution in [1.29, 1.82) is 0 Å². The molecule has 0 aromatic heterocycles. The zero-order valence-electron chi connectivity index (χ0n) is 15.3. The summed E-state index contributed by atoms with van der Waals surface area (Å²) in [6.07, 6.45) is 4.68. The van der Waals surface area contributed by atoms with Crippen LogP contribution in [0.5, 0.6) is 0 Å². The molecule has 0 heterocycles. The van der Waals surface area contributed by atoms with Gasteiger partial charge in [0.05, 0.1) is 0 Å². The molecule has 0 unspecified atom stereocenters. The molecule has 2 amide bonds. The highest BCUT2D eigenvalue weighted by Crippen LogP contribution is 2.18. The number of ether oxygens (including phenoxy) is 2. The van der Waals surface area contributed by atoms with Crippen LogP contribution in [-0.2, 0) is 16.1 Å². The highest BCUT2D eigenvalue weighted by molar-refractivity contribution is 5.84. The molecule has 1 aliphatic rings. The maximum absolute atomic E-state index is 11.9. The van der Waals surface area contributed by atoms with Gasteiger partial charge in [-0.3, -0.25) is 5.32 Å². The van der Waals surface area contributed by atoms with Gasteiger partial charge in [-0.2, -0.15) is 0 Å². The topological polar surface area (TPSA) is 76.7 Å². The Balaban J connectivity index is 1.80. The van der Waals surface area contributed by atoms with E-state index in [-0.39, 0.29) is 12.6 Å². The summed E-state index contributed by atoms with van der Waals surface area (Å²) in [7, 11) is 0. The van der Waals surface area contributed by atoms with Crippen LogP contribution in [0.2, 0.25) is 0 Å². The van der Waals surface area contributed by atoms with Gasteiger partial charge in [-0.05, 0) is 51.3 Å². The van der Waals surface area contributed by atoms with E-state index in [1.165, 1.54) is 6.42 Å². The minimum absolute atomic E-state index is 0.155. The first-order valence-electron chi connectivity index (χ1n) is 8.84. The van der Waals surface area contributed by atoms with Gasteiger partial charge in [0.25, 0.3) is 0 Å². The predicted octanol–water partition coefficient (Wildman–Crippen LogP) is 4.59. The van der Waals surface area contributed by atoms with Crippen LogP contribution in [0.1, 0.15) is 58.4 Å². The first-order chi connectivity index (χ1) is 11.8. The van der Waals surface area contributed by atoms with Gasteiger partial charge in [0.1, 0.15) is 12.2 Å². The van der Waals surface area contributed by atoms with Crippen molar-refractivity contribution in [3.8, 4) is 0 Å². The number of benzene rings is 1. The quantitative estimate of drug-likeness (QED) is 0.834. The third-order valence-corrected chi connectivity index (χ3v) is 3.87. The van der Waals surface area contributed by atoms with Crippen LogP contribution in [0.25, 0.3) is 0 Å². The van der Waals surface area contributed by atoms with Crippen LogP contribution < -0.4 is 10.6 Å². The number of rotatable bonds is 4. The monoisotopic (exact) mass is 348 g/mol. The molecule has 1 aromatic carbocycles. The summed E-state index contributed by atoms with van der Waals surface area (Å²) in [6, 6.07) is 7.38. The number of hydrogen-bond acceptors (Lipinski definition) is 4. The van der Waals surface area contributed by atoms with Crippen LogP contribution in [0, 0.1) is 0 Å². The summed E-state index contributed by atoms with van der Waals surface area (Å²) < 4.78 is 10.5. The molecule has 6 nitrogen and oxygen atoms in total. The van der Waals surface area contributed by atoms with Crippen molar-refractivity contribution in [2.24, 2.45) is 0 Å². The number of anilines is 1. The fourth-order valence-electron chi connectivity index (χ4n) is 2.76. The number of amides is 2. The Labute approximate surface area is 149 Å². The van der Waals surface area contributed by atoms with Crippen LogP contribution in [0.4, 0.5) is 15.3 Å². The fourth-order valence-corrected chi connectivity index (χ4v) is 2.76. The zero-order chi connectivity index (χ0) is 18.3. The molecule has 138 valence electrons. The highest BCUT2D eigenvalue weighted by atomic mass is 16.6. The second-order valence-electron chi connectivity index (χ2n) is 7.38. The summed E-state index contributed by atoms with van der Waals surface area (Å²) in [5, 5.41) is 5.59. The minimum Gasteiger partial charge on any atom is -0.445 e. The molecule has 25 heavy (non-hydrogen) atoms. The Hall–Kier alpha value is -2.24. The second-order valence-corrected chi connectivity index (χ2v) is 7.38. The molecule has 2 N–H and O–H groups in total. The van der Waals surface area contributed by atoms with Crippen molar-refractivity contribution in [1.82, 2.24) is 5.32 Å². The van der Waals surface area contributed by atoms with E-state index in [1.807, 2.05) is 26.8 Å². The molecule has 2 rings (SSSR count). The Morgan fingerprint density at radius 2 is 1.84 bits per heavy atom. The summed E-state index contributed by atoms with van der Waals surface area (Å²) in [5.41, 5.74) is 0.845.